The molecule has 4 nitrogen and oxygen atoms in total. The third-order valence-electron chi connectivity index (χ3n) is 3.44. The maximum Gasteiger partial charge on any atom is 0.321 e. The van der Waals surface area contributed by atoms with E-state index < -0.39 is 0 Å². The summed E-state index contributed by atoms with van der Waals surface area (Å²) in [6.45, 7) is 1.79. The Hall–Kier alpha value is -1.01. The fourth-order valence-electron chi connectivity index (χ4n) is 2.29. The van der Waals surface area contributed by atoms with Gasteiger partial charge in [0.25, 0.3) is 0 Å². The van der Waals surface area contributed by atoms with Gasteiger partial charge in [-0.1, -0.05) is 25.0 Å². The van der Waals surface area contributed by atoms with Gasteiger partial charge >= 0.3 is 6.03 Å². The molecule has 0 heterocycles. The Bertz CT molecular complexity index is 518. The first kappa shape index (κ1) is 16.4. The Morgan fingerprint density at radius 2 is 1.95 bits per heavy atom. The molecule has 0 aromatic heterocycles. The molecule has 6 heteroatoms. The summed E-state index contributed by atoms with van der Waals surface area (Å²) in [4.78, 5) is 24.8. The van der Waals surface area contributed by atoms with Crippen LogP contribution in [0.5, 0.6) is 0 Å². The van der Waals surface area contributed by atoms with Crippen LogP contribution in [0.3, 0.4) is 0 Å². The lowest BCUT2D eigenvalue weighted by atomic mass is 10.2. The van der Waals surface area contributed by atoms with E-state index in [2.05, 4.69) is 26.6 Å². The summed E-state index contributed by atoms with van der Waals surface area (Å²) >= 11 is 4.88. The van der Waals surface area contributed by atoms with Gasteiger partial charge in [0.05, 0.1) is 5.25 Å². The normalized spacial score (nSPS) is 16.5. The fourth-order valence-corrected chi connectivity index (χ4v) is 3.74. The largest absolute Gasteiger partial charge is 0.335 e. The number of rotatable bonds is 4. The Labute approximate surface area is 137 Å². The molecule has 2 rings (SSSR count). The molecule has 0 radical (unpaired) electrons. The average Bonchev–Trinajstić information content (AvgIpc) is 2.93. The summed E-state index contributed by atoms with van der Waals surface area (Å²) in [7, 11) is 0. The lowest BCUT2D eigenvalue weighted by Crippen LogP contribution is -2.45. The topological polar surface area (TPSA) is 58.2 Å². The second-order valence-corrected chi connectivity index (χ2v) is 7.37. The van der Waals surface area contributed by atoms with Gasteiger partial charge in [-0.2, -0.15) is 0 Å². The minimum atomic E-state index is -0.383. The summed E-state index contributed by atoms with van der Waals surface area (Å²) in [5, 5.41) is 4.94. The van der Waals surface area contributed by atoms with E-state index in [4.69, 9.17) is 0 Å². The molecule has 0 spiro atoms. The van der Waals surface area contributed by atoms with Crippen LogP contribution in [0.25, 0.3) is 0 Å². The zero-order chi connectivity index (χ0) is 15.2. The van der Waals surface area contributed by atoms with Crippen molar-refractivity contribution in [2.75, 3.05) is 0 Å². The van der Waals surface area contributed by atoms with Crippen LogP contribution < -0.4 is 10.6 Å². The van der Waals surface area contributed by atoms with Crippen molar-refractivity contribution in [2.45, 2.75) is 48.8 Å². The summed E-state index contributed by atoms with van der Waals surface area (Å²) in [6, 6.07) is 7.55. The Balaban J connectivity index is 1.81. The SMILES string of the molecule is CC(Sc1ccccc1Br)C(=O)NC(=O)NC1CCCC1. The van der Waals surface area contributed by atoms with Crippen molar-refractivity contribution in [3.8, 4) is 0 Å². The number of carbonyl (C=O) groups excluding carboxylic acids is 2. The third kappa shape index (κ3) is 5.04. The summed E-state index contributed by atoms with van der Waals surface area (Å²) in [5.74, 6) is -0.272. The molecule has 2 N–H and O–H groups in total. The molecule has 0 saturated heterocycles. The van der Waals surface area contributed by atoms with Crippen molar-refractivity contribution in [3.63, 3.8) is 0 Å². The minimum Gasteiger partial charge on any atom is -0.335 e. The van der Waals surface area contributed by atoms with E-state index in [1.165, 1.54) is 11.8 Å². The van der Waals surface area contributed by atoms with E-state index >= 15 is 0 Å². The van der Waals surface area contributed by atoms with Crippen LogP contribution in [0.2, 0.25) is 0 Å². The highest BCUT2D eigenvalue weighted by atomic mass is 79.9. The van der Waals surface area contributed by atoms with Crippen LogP contribution in [-0.4, -0.2) is 23.2 Å². The zero-order valence-electron chi connectivity index (χ0n) is 11.9. The van der Waals surface area contributed by atoms with Crippen LogP contribution >= 0.6 is 27.7 Å². The van der Waals surface area contributed by atoms with Crippen molar-refractivity contribution in [2.24, 2.45) is 0 Å². The van der Waals surface area contributed by atoms with Crippen LogP contribution in [0.4, 0.5) is 4.79 Å². The van der Waals surface area contributed by atoms with E-state index in [1.54, 1.807) is 6.92 Å². The molecule has 1 aromatic carbocycles. The predicted molar refractivity (Wildman–Crippen MR) is 88.4 cm³/mol. The van der Waals surface area contributed by atoms with Crippen LogP contribution in [0.1, 0.15) is 32.6 Å². The lowest BCUT2D eigenvalue weighted by molar-refractivity contribution is -0.119. The predicted octanol–water partition coefficient (Wildman–Crippen LogP) is 3.70. The second-order valence-electron chi connectivity index (χ2n) is 5.13. The first-order valence-electron chi connectivity index (χ1n) is 7.09. The number of nitrogens with one attached hydrogen (secondary N) is 2. The summed E-state index contributed by atoms with van der Waals surface area (Å²) in [5.41, 5.74) is 0. The summed E-state index contributed by atoms with van der Waals surface area (Å²) in [6.07, 6.45) is 4.30. The highest BCUT2D eigenvalue weighted by Gasteiger charge is 2.21. The van der Waals surface area contributed by atoms with Gasteiger partial charge in [0.2, 0.25) is 5.91 Å². The van der Waals surface area contributed by atoms with Gasteiger partial charge in [-0.3, -0.25) is 10.1 Å². The number of urea groups is 1. The lowest BCUT2D eigenvalue weighted by Gasteiger charge is -2.15. The molecule has 1 aliphatic rings. The molecule has 1 saturated carbocycles. The van der Waals surface area contributed by atoms with Gasteiger partial charge in [0.1, 0.15) is 0 Å². The van der Waals surface area contributed by atoms with Crippen molar-refractivity contribution in [1.29, 1.82) is 0 Å². The molecular weight excluding hydrogens is 352 g/mol. The second kappa shape index (κ2) is 7.84. The number of amides is 3. The maximum absolute atomic E-state index is 12.0. The minimum absolute atomic E-state index is 0.212. The highest BCUT2D eigenvalue weighted by Crippen LogP contribution is 2.30. The highest BCUT2D eigenvalue weighted by molar-refractivity contribution is 9.10. The monoisotopic (exact) mass is 370 g/mol. The summed E-state index contributed by atoms with van der Waals surface area (Å²) < 4.78 is 0.949. The number of carbonyl (C=O) groups is 2. The molecule has 1 unspecified atom stereocenters. The number of imide groups is 1. The van der Waals surface area contributed by atoms with Crippen molar-refractivity contribution >= 4 is 39.6 Å². The van der Waals surface area contributed by atoms with Gasteiger partial charge in [0.15, 0.2) is 0 Å². The van der Waals surface area contributed by atoms with Crippen LogP contribution in [0, 0.1) is 0 Å². The molecule has 0 bridgehead atoms. The van der Waals surface area contributed by atoms with E-state index in [9.17, 15) is 9.59 Å². The van der Waals surface area contributed by atoms with Gasteiger partial charge in [-0.05, 0) is 47.8 Å². The molecule has 114 valence electrons. The van der Waals surface area contributed by atoms with Crippen molar-refractivity contribution in [3.05, 3.63) is 28.7 Å². The van der Waals surface area contributed by atoms with Crippen molar-refractivity contribution in [1.82, 2.24) is 10.6 Å². The smallest absolute Gasteiger partial charge is 0.321 e. The quantitative estimate of drug-likeness (QED) is 0.794. The van der Waals surface area contributed by atoms with E-state index in [-0.39, 0.29) is 23.2 Å². The Morgan fingerprint density at radius 1 is 1.29 bits per heavy atom. The standard InChI is InChI=1S/C15H19BrN2O2S/c1-10(21-13-9-5-4-8-12(13)16)14(19)18-15(20)17-11-6-2-3-7-11/h4-5,8-11H,2-3,6-7H2,1H3,(H2,17,18,19,20). The van der Waals surface area contributed by atoms with E-state index in [1.807, 2.05) is 24.3 Å². The molecule has 21 heavy (non-hydrogen) atoms. The van der Waals surface area contributed by atoms with Gasteiger partial charge in [-0.25, -0.2) is 4.79 Å². The van der Waals surface area contributed by atoms with E-state index in [0.29, 0.717) is 0 Å². The Kier molecular flexibility index (Phi) is 6.11. The number of hydrogen-bond donors (Lipinski definition) is 2. The molecule has 3 amide bonds. The fraction of sp³-hybridized carbons (Fsp3) is 0.467. The number of benzene rings is 1. The number of thioether (sulfide) groups is 1. The molecule has 0 aliphatic heterocycles. The molecule has 1 aliphatic carbocycles. The Morgan fingerprint density at radius 3 is 2.62 bits per heavy atom. The van der Waals surface area contributed by atoms with Gasteiger partial charge < -0.3 is 5.32 Å². The van der Waals surface area contributed by atoms with Crippen LogP contribution in [0.15, 0.2) is 33.6 Å². The van der Waals surface area contributed by atoms with Gasteiger partial charge in [0, 0.05) is 15.4 Å². The average molecular weight is 371 g/mol. The third-order valence-corrected chi connectivity index (χ3v) is 5.57. The maximum atomic E-state index is 12.0. The van der Waals surface area contributed by atoms with Crippen molar-refractivity contribution < 1.29 is 9.59 Å². The zero-order valence-corrected chi connectivity index (χ0v) is 14.3. The van der Waals surface area contributed by atoms with Gasteiger partial charge in [-0.15, -0.1) is 11.8 Å². The first-order valence-corrected chi connectivity index (χ1v) is 8.76. The van der Waals surface area contributed by atoms with Crippen LogP contribution in [-0.2, 0) is 4.79 Å². The molecular formula is C15H19BrN2O2S. The first-order chi connectivity index (χ1) is 10.1. The molecule has 1 atom stereocenters. The number of halogens is 1. The molecule has 1 fully saturated rings. The number of hydrogen-bond acceptors (Lipinski definition) is 3. The van der Waals surface area contributed by atoms with E-state index in [0.717, 1.165) is 35.1 Å². The molecule has 1 aromatic rings.